The van der Waals surface area contributed by atoms with Crippen LogP contribution in [0.5, 0.6) is 0 Å². The van der Waals surface area contributed by atoms with E-state index in [4.69, 9.17) is 4.42 Å². The summed E-state index contributed by atoms with van der Waals surface area (Å²) < 4.78 is 7.12. The minimum atomic E-state index is 0.856. The second kappa shape index (κ2) is 6.19. The average molecular weight is 303 g/mol. The van der Waals surface area contributed by atoms with Crippen LogP contribution in [0.25, 0.3) is 5.69 Å². The van der Waals surface area contributed by atoms with Crippen molar-refractivity contribution < 1.29 is 4.42 Å². The van der Waals surface area contributed by atoms with Crippen molar-refractivity contribution in [3.8, 4) is 5.69 Å². The quantitative estimate of drug-likeness (QED) is 0.664. The number of benzene rings is 1. The fourth-order valence-electron chi connectivity index (χ4n) is 1.80. The van der Waals surface area contributed by atoms with Gasteiger partial charge in [-0.25, -0.2) is 0 Å². The maximum atomic E-state index is 5.13. The van der Waals surface area contributed by atoms with Crippen LogP contribution in [0.4, 0.5) is 0 Å². The van der Waals surface area contributed by atoms with Gasteiger partial charge in [0.1, 0.15) is 12.1 Å². The van der Waals surface area contributed by atoms with E-state index in [1.54, 1.807) is 34.1 Å². The first-order valence-electron chi connectivity index (χ1n) is 6.12. The minimum absolute atomic E-state index is 0.856. The van der Waals surface area contributed by atoms with Crippen molar-refractivity contribution in [1.29, 1.82) is 0 Å². The number of hydrogen-bond acceptors (Lipinski definition) is 5. The Balaban J connectivity index is 1.70. The van der Waals surface area contributed by atoms with Crippen LogP contribution < -0.4 is 0 Å². The molecular formula is C14H13N3OS2. The zero-order valence-corrected chi connectivity index (χ0v) is 12.5. The summed E-state index contributed by atoms with van der Waals surface area (Å²) in [5.74, 6) is 1.79. The van der Waals surface area contributed by atoms with Gasteiger partial charge in [-0.05, 0) is 23.3 Å². The zero-order valence-electron chi connectivity index (χ0n) is 10.9. The number of aromatic nitrogens is 3. The third-order valence-electron chi connectivity index (χ3n) is 2.76. The van der Waals surface area contributed by atoms with Gasteiger partial charge in [0, 0.05) is 11.8 Å². The Hall–Kier alpha value is -1.66. The van der Waals surface area contributed by atoms with Crippen LogP contribution in [0, 0.1) is 6.92 Å². The minimum Gasteiger partial charge on any atom is -0.470 e. The molecule has 0 bridgehead atoms. The van der Waals surface area contributed by atoms with Crippen molar-refractivity contribution >= 4 is 21.6 Å². The summed E-state index contributed by atoms with van der Waals surface area (Å²) >= 11 is 0. The summed E-state index contributed by atoms with van der Waals surface area (Å²) in [4.78, 5) is 0. The second-order valence-corrected chi connectivity index (χ2v) is 6.44. The molecule has 1 aromatic carbocycles. The predicted octanol–water partition coefficient (Wildman–Crippen LogP) is 4.11. The van der Waals surface area contributed by atoms with Crippen molar-refractivity contribution in [1.82, 2.24) is 14.8 Å². The van der Waals surface area contributed by atoms with Gasteiger partial charge < -0.3 is 4.42 Å². The Labute approximate surface area is 125 Å². The Morgan fingerprint density at radius 1 is 1.15 bits per heavy atom. The molecule has 0 aliphatic carbocycles. The maximum Gasteiger partial charge on any atom is 0.206 e. The number of rotatable bonds is 5. The van der Waals surface area contributed by atoms with E-state index in [-0.39, 0.29) is 0 Å². The average Bonchev–Trinajstić information content (AvgIpc) is 3.10. The third-order valence-corrected chi connectivity index (χ3v) is 4.90. The largest absolute Gasteiger partial charge is 0.470 e. The highest BCUT2D eigenvalue weighted by molar-refractivity contribution is 8.76. The molecule has 6 heteroatoms. The molecule has 0 spiro atoms. The fraction of sp³-hybridized carbons (Fsp3) is 0.143. The van der Waals surface area contributed by atoms with E-state index in [2.05, 4.69) is 34.5 Å². The summed E-state index contributed by atoms with van der Waals surface area (Å²) in [6, 6.07) is 12.3. The highest BCUT2D eigenvalue weighted by Gasteiger charge is 2.12. The van der Waals surface area contributed by atoms with Crippen LogP contribution >= 0.6 is 21.6 Å². The van der Waals surface area contributed by atoms with Crippen LogP contribution in [0.3, 0.4) is 0 Å². The molecule has 4 nitrogen and oxygen atoms in total. The first-order chi connectivity index (χ1) is 9.84. The van der Waals surface area contributed by atoms with Crippen molar-refractivity contribution in [3.63, 3.8) is 0 Å². The van der Waals surface area contributed by atoms with Gasteiger partial charge in [0.05, 0.1) is 12.0 Å². The number of nitrogens with zero attached hydrogens (tertiary/aromatic N) is 3. The normalized spacial score (nSPS) is 10.8. The summed E-state index contributed by atoms with van der Waals surface area (Å²) in [6.07, 6.45) is 3.35. The van der Waals surface area contributed by atoms with Crippen LogP contribution in [-0.4, -0.2) is 14.8 Å². The second-order valence-electron chi connectivity index (χ2n) is 4.18. The molecule has 3 rings (SSSR count). The maximum absolute atomic E-state index is 5.13. The topological polar surface area (TPSA) is 43.9 Å². The number of aryl methyl sites for hydroxylation is 1. The fourth-order valence-corrected chi connectivity index (χ4v) is 3.91. The molecule has 20 heavy (non-hydrogen) atoms. The predicted molar refractivity (Wildman–Crippen MR) is 82.0 cm³/mol. The smallest absolute Gasteiger partial charge is 0.206 e. The molecule has 0 N–H and O–H groups in total. The standard InChI is InChI=1S/C14H13N3OS2/c1-11-15-16-14(17(11)13-7-8-18-9-13)20-19-10-12-5-3-2-4-6-12/h2-9H,10H2,1H3. The van der Waals surface area contributed by atoms with Crippen molar-refractivity contribution in [2.45, 2.75) is 17.8 Å². The van der Waals surface area contributed by atoms with Gasteiger partial charge in [-0.2, -0.15) is 0 Å². The van der Waals surface area contributed by atoms with Crippen molar-refractivity contribution in [3.05, 3.63) is 60.3 Å². The Kier molecular flexibility index (Phi) is 4.13. The van der Waals surface area contributed by atoms with Crippen molar-refractivity contribution in [2.75, 3.05) is 0 Å². The highest BCUT2D eigenvalue weighted by atomic mass is 33.1. The van der Waals surface area contributed by atoms with Gasteiger partial charge >= 0.3 is 0 Å². The van der Waals surface area contributed by atoms with Gasteiger partial charge in [-0.15, -0.1) is 10.2 Å². The summed E-state index contributed by atoms with van der Waals surface area (Å²) in [7, 11) is 3.37. The van der Waals surface area contributed by atoms with Gasteiger partial charge in [-0.3, -0.25) is 4.57 Å². The SMILES string of the molecule is Cc1nnc(SSCc2ccccc2)n1-c1ccoc1. The summed E-state index contributed by atoms with van der Waals surface area (Å²) in [5, 5.41) is 9.22. The van der Waals surface area contributed by atoms with E-state index in [0.717, 1.165) is 22.4 Å². The first kappa shape index (κ1) is 13.3. The monoisotopic (exact) mass is 303 g/mol. The van der Waals surface area contributed by atoms with Crippen LogP contribution in [-0.2, 0) is 5.75 Å². The van der Waals surface area contributed by atoms with E-state index in [0.29, 0.717) is 0 Å². The molecule has 0 radical (unpaired) electrons. The molecule has 0 aliphatic heterocycles. The van der Waals surface area contributed by atoms with Crippen molar-refractivity contribution in [2.24, 2.45) is 0 Å². The number of hydrogen-bond donors (Lipinski definition) is 0. The molecular weight excluding hydrogens is 290 g/mol. The van der Waals surface area contributed by atoms with Gasteiger partial charge in [0.15, 0.2) is 0 Å². The van der Waals surface area contributed by atoms with Crippen LogP contribution in [0.2, 0.25) is 0 Å². The summed E-state index contributed by atoms with van der Waals surface area (Å²) in [5.41, 5.74) is 2.26. The third kappa shape index (κ3) is 2.91. The Morgan fingerprint density at radius 2 is 2.00 bits per heavy atom. The molecule has 2 heterocycles. The molecule has 3 aromatic rings. The van der Waals surface area contributed by atoms with E-state index in [1.807, 2.05) is 23.6 Å². The molecule has 0 fully saturated rings. The summed E-state index contributed by atoms with van der Waals surface area (Å²) in [6.45, 7) is 1.94. The number of furan rings is 1. The first-order valence-corrected chi connectivity index (χ1v) is 8.44. The van der Waals surface area contributed by atoms with E-state index in [1.165, 1.54) is 5.56 Å². The lowest BCUT2D eigenvalue weighted by Gasteiger charge is -2.04. The lowest BCUT2D eigenvalue weighted by molar-refractivity contribution is 0.564. The van der Waals surface area contributed by atoms with Gasteiger partial charge in [0.25, 0.3) is 0 Å². The van der Waals surface area contributed by atoms with Crippen LogP contribution in [0.1, 0.15) is 11.4 Å². The van der Waals surface area contributed by atoms with Crippen LogP contribution in [0.15, 0.2) is 58.5 Å². The molecule has 0 aliphatic rings. The molecule has 0 saturated carbocycles. The Morgan fingerprint density at radius 3 is 2.75 bits per heavy atom. The lowest BCUT2D eigenvalue weighted by atomic mass is 10.2. The van der Waals surface area contributed by atoms with E-state index >= 15 is 0 Å². The van der Waals surface area contributed by atoms with Gasteiger partial charge in [-0.1, -0.05) is 41.1 Å². The van der Waals surface area contributed by atoms with E-state index < -0.39 is 0 Å². The highest BCUT2D eigenvalue weighted by Crippen LogP contribution is 2.34. The van der Waals surface area contributed by atoms with E-state index in [9.17, 15) is 0 Å². The molecule has 102 valence electrons. The molecule has 0 amide bonds. The Bertz CT molecular complexity index is 665. The molecule has 2 aromatic heterocycles. The molecule has 0 atom stereocenters. The lowest BCUT2D eigenvalue weighted by Crippen LogP contribution is -1.96. The van der Waals surface area contributed by atoms with Gasteiger partial charge in [0.2, 0.25) is 5.16 Å². The zero-order chi connectivity index (χ0) is 13.8. The molecule has 0 unspecified atom stereocenters. The molecule has 0 saturated heterocycles.